The number of carbonyl (C=O) groups excluding carboxylic acids is 1. The number of nitrogens with zero attached hydrogens (tertiary/aromatic N) is 4. The van der Waals surface area contributed by atoms with E-state index < -0.39 is 10.3 Å². The molecule has 1 amide bonds. The highest BCUT2D eigenvalue weighted by molar-refractivity contribution is 5.97. The molecule has 0 aliphatic heterocycles. The van der Waals surface area contributed by atoms with Crippen molar-refractivity contribution in [2.75, 3.05) is 12.4 Å². The molecule has 0 radical (unpaired) electrons. The van der Waals surface area contributed by atoms with Gasteiger partial charge in [-0.3, -0.25) is 4.79 Å². The fourth-order valence-electron chi connectivity index (χ4n) is 6.49. The van der Waals surface area contributed by atoms with E-state index in [1.54, 1.807) is 11.8 Å². The number of nitrogens with one attached hydrogen (secondary N) is 1. The molecule has 158 valence electrons. The Labute approximate surface area is 174 Å². The summed E-state index contributed by atoms with van der Waals surface area (Å²) in [5.74, 6) is 1.10. The van der Waals surface area contributed by atoms with Crippen LogP contribution in [0.25, 0.3) is 0 Å². The molecule has 4 fully saturated rings. The average Bonchev–Trinajstić information content (AvgIpc) is 3.19. The zero-order valence-electron chi connectivity index (χ0n) is 17.1. The van der Waals surface area contributed by atoms with Crippen LogP contribution in [0.15, 0.2) is 24.5 Å². The minimum absolute atomic E-state index is 0.0134. The highest BCUT2D eigenvalue weighted by Gasteiger charge is 2.62. The first-order valence-electron chi connectivity index (χ1n) is 10.4. The van der Waals surface area contributed by atoms with Gasteiger partial charge >= 0.3 is 5.95 Å². The lowest BCUT2D eigenvalue weighted by Gasteiger charge is -2.60. The van der Waals surface area contributed by atoms with Crippen molar-refractivity contribution in [3.63, 3.8) is 0 Å². The second kappa shape index (κ2) is 6.52. The summed E-state index contributed by atoms with van der Waals surface area (Å²) in [6.07, 6.45) is 6.71. The van der Waals surface area contributed by atoms with Gasteiger partial charge in [0, 0.05) is 5.10 Å². The fourth-order valence-corrected chi connectivity index (χ4v) is 6.49. The first kappa shape index (κ1) is 19.0. The van der Waals surface area contributed by atoms with Crippen LogP contribution in [-0.2, 0) is 10.3 Å². The van der Waals surface area contributed by atoms with Crippen LogP contribution in [-0.4, -0.2) is 32.7 Å². The molecule has 1 aromatic heterocycles. The maximum atomic E-state index is 13.6. The first-order valence-corrected chi connectivity index (χ1v) is 10.4. The molecule has 1 heterocycles. The molecular weight excluding hydrogens is 386 g/mol. The van der Waals surface area contributed by atoms with E-state index in [9.17, 15) is 14.9 Å². The van der Waals surface area contributed by atoms with Gasteiger partial charge in [-0.1, -0.05) is 11.1 Å². The fraction of sp³-hybridized carbons (Fsp3) is 0.571. The molecule has 9 nitrogen and oxygen atoms in total. The molecule has 0 saturated heterocycles. The average molecular weight is 411 g/mol. The van der Waals surface area contributed by atoms with Crippen molar-refractivity contribution in [1.82, 2.24) is 14.8 Å². The minimum atomic E-state index is -0.566. The van der Waals surface area contributed by atoms with Gasteiger partial charge in [-0.05, 0) is 79.9 Å². The molecule has 1 N–H and O–H groups in total. The van der Waals surface area contributed by atoms with Gasteiger partial charge in [-0.25, -0.2) is 0 Å². The summed E-state index contributed by atoms with van der Waals surface area (Å²) in [6.45, 7) is 1.98. The summed E-state index contributed by atoms with van der Waals surface area (Å²) in [5.41, 5.74) is 0.852. The van der Waals surface area contributed by atoms with E-state index in [2.05, 4.69) is 15.4 Å². The van der Waals surface area contributed by atoms with Gasteiger partial charge in [-0.15, -0.1) is 0 Å². The van der Waals surface area contributed by atoms with Crippen molar-refractivity contribution in [1.29, 1.82) is 0 Å². The Kier molecular flexibility index (Phi) is 4.13. The lowest BCUT2D eigenvalue weighted by Crippen LogP contribution is -2.60. The standard InChI is InChI=1S/C21H25N5O4/c1-13-3-4-17(30-2)16(5-13)23-18(27)20-7-14-6-15(8-20)10-21(9-14,11-20)25-12-22-19(24-25)26(28)29/h3-5,12,14-15H,6-11H2,1-2H3,(H,23,27)/t14-,15-,20?,21?/m0/s1. The number of aromatic nitrogens is 3. The molecule has 4 aliphatic carbocycles. The molecule has 6 rings (SSSR count). The lowest BCUT2D eigenvalue weighted by molar-refractivity contribution is -0.394. The third kappa shape index (κ3) is 2.86. The highest BCUT2D eigenvalue weighted by atomic mass is 16.6. The Bertz CT molecular complexity index is 1020. The van der Waals surface area contributed by atoms with E-state index in [0.29, 0.717) is 29.7 Å². The molecule has 2 aromatic rings. The summed E-state index contributed by atoms with van der Waals surface area (Å²) in [4.78, 5) is 28.0. The number of hydrogen-bond donors (Lipinski definition) is 1. The molecule has 30 heavy (non-hydrogen) atoms. The summed E-state index contributed by atoms with van der Waals surface area (Å²) in [6, 6.07) is 5.74. The first-order chi connectivity index (χ1) is 14.3. The Morgan fingerprint density at radius 1 is 1.30 bits per heavy atom. The summed E-state index contributed by atoms with van der Waals surface area (Å²) in [7, 11) is 1.59. The lowest BCUT2D eigenvalue weighted by atomic mass is 9.46. The number of methoxy groups -OCH3 is 1. The third-order valence-corrected chi connectivity index (χ3v) is 7.24. The maximum Gasteiger partial charge on any atom is 0.490 e. The number of nitro groups is 1. The van der Waals surface area contributed by atoms with Gasteiger partial charge in [0.05, 0.1) is 23.8 Å². The predicted octanol–water partition coefficient (Wildman–Crippen LogP) is 3.44. The quantitative estimate of drug-likeness (QED) is 0.596. The van der Waals surface area contributed by atoms with Crippen molar-refractivity contribution in [2.24, 2.45) is 17.3 Å². The molecule has 9 heteroatoms. The van der Waals surface area contributed by atoms with Crippen LogP contribution in [0.3, 0.4) is 0 Å². The largest absolute Gasteiger partial charge is 0.495 e. The van der Waals surface area contributed by atoms with E-state index in [1.165, 1.54) is 6.33 Å². The molecular formula is C21H25N5O4. The number of aryl methyl sites for hydroxylation is 1. The SMILES string of the molecule is COc1ccc(C)cc1NC(=O)C12C[C@@H]3C[C@@H](C1)CC(n1cnc([N+](=O)[O-])n1)(C3)C2. The van der Waals surface area contributed by atoms with Crippen LogP contribution in [0.4, 0.5) is 11.6 Å². The Morgan fingerprint density at radius 3 is 2.67 bits per heavy atom. The minimum Gasteiger partial charge on any atom is -0.495 e. The van der Waals surface area contributed by atoms with Crippen LogP contribution in [0.5, 0.6) is 5.75 Å². The molecule has 4 aliphatic rings. The van der Waals surface area contributed by atoms with Crippen molar-refractivity contribution in [2.45, 2.75) is 51.0 Å². The number of rotatable bonds is 5. The number of ether oxygens (including phenoxy) is 1. The summed E-state index contributed by atoms with van der Waals surface area (Å²) in [5, 5.41) is 18.4. The summed E-state index contributed by atoms with van der Waals surface area (Å²) < 4.78 is 7.11. The molecule has 4 bridgehead atoms. The number of amides is 1. The topological polar surface area (TPSA) is 112 Å². The number of benzene rings is 1. The van der Waals surface area contributed by atoms with Crippen molar-refractivity contribution < 1.29 is 14.5 Å². The van der Waals surface area contributed by atoms with Gasteiger partial charge in [-0.2, -0.15) is 4.68 Å². The second-order valence-corrected chi connectivity index (χ2v) is 9.37. The van der Waals surface area contributed by atoms with Crippen molar-refractivity contribution in [3.8, 4) is 5.75 Å². The summed E-state index contributed by atoms with van der Waals surface area (Å²) >= 11 is 0. The number of anilines is 1. The van der Waals surface area contributed by atoms with E-state index in [0.717, 1.165) is 37.7 Å². The van der Waals surface area contributed by atoms with E-state index in [-0.39, 0.29) is 17.4 Å². The normalized spacial score (nSPS) is 31.5. The van der Waals surface area contributed by atoms with Crippen molar-refractivity contribution in [3.05, 3.63) is 40.2 Å². The molecule has 4 saturated carbocycles. The van der Waals surface area contributed by atoms with E-state index in [1.807, 2.05) is 25.1 Å². The molecule has 2 atom stereocenters. The van der Waals surface area contributed by atoms with Crippen LogP contribution < -0.4 is 10.1 Å². The Morgan fingerprint density at radius 2 is 2.03 bits per heavy atom. The van der Waals surface area contributed by atoms with Crippen LogP contribution >= 0.6 is 0 Å². The van der Waals surface area contributed by atoms with E-state index >= 15 is 0 Å². The Balaban J connectivity index is 1.47. The van der Waals surface area contributed by atoms with Gasteiger partial charge < -0.3 is 20.2 Å². The second-order valence-electron chi connectivity index (χ2n) is 9.37. The number of carbonyl (C=O) groups is 1. The Hall–Kier alpha value is -2.97. The third-order valence-electron chi connectivity index (χ3n) is 7.24. The molecule has 0 unspecified atom stereocenters. The van der Waals surface area contributed by atoms with Gasteiger partial charge in [0.15, 0.2) is 0 Å². The van der Waals surface area contributed by atoms with Gasteiger partial charge in [0.25, 0.3) is 0 Å². The van der Waals surface area contributed by atoms with E-state index in [4.69, 9.17) is 4.74 Å². The zero-order valence-corrected chi connectivity index (χ0v) is 17.1. The number of hydrogen-bond acceptors (Lipinski definition) is 6. The monoisotopic (exact) mass is 411 g/mol. The smallest absolute Gasteiger partial charge is 0.490 e. The predicted molar refractivity (Wildman–Crippen MR) is 108 cm³/mol. The van der Waals surface area contributed by atoms with Crippen LogP contribution in [0, 0.1) is 34.3 Å². The highest BCUT2D eigenvalue weighted by Crippen LogP contribution is 2.64. The van der Waals surface area contributed by atoms with Gasteiger partial charge in [0.2, 0.25) is 12.2 Å². The molecule has 1 aromatic carbocycles. The van der Waals surface area contributed by atoms with Crippen molar-refractivity contribution >= 4 is 17.5 Å². The van der Waals surface area contributed by atoms with Crippen LogP contribution in [0.1, 0.15) is 44.1 Å². The maximum absolute atomic E-state index is 13.6. The zero-order chi connectivity index (χ0) is 21.1. The molecule has 0 spiro atoms. The van der Waals surface area contributed by atoms with Gasteiger partial charge in [0.1, 0.15) is 5.75 Å². The van der Waals surface area contributed by atoms with Crippen LogP contribution in [0.2, 0.25) is 0 Å².